The predicted octanol–water partition coefficient (Wildman–Crippen LogP) is 3.27. The van der Waals surface area contributed by atoms with Gasteiger partial charge in [-0.2, -0.15) is 5.10 Å². The first-order chi connectivity index (χ1) is 11.1. The van der Waals surface area contributed by atoms with Crippen molar-refractivity contribution in [2.75, 3.05) is 32.0 Å². The molecular formula is C19H26N4. The van der Waals surface area contributed by atoms with Gasteiger partial charge in [0, 0.05) is 24.6 Å². The lowest BCUT2D eigenvalue weighted by molar-refractivity contribution is 0.247. The monoisotopic (exact) mass is 310 g/mol. The topological polar surface area (TPSA) is 33.1 Å². The van der Waals surface area contributed by atoms with Gasteiger partial charge in [-0.05, 0) is 63.9 Å². The van der Waals surface area contributed by atoms with Crippen LogP contribution in [0.4, 0.5) is 5.82 Å². The van der Waals surface area contributed by atoms with Crippen LogP contribution in [0.5, 0.6) is 0 Å². The molecule has 1 saturated heterocycles. The average Bonchev–Trinajstić information content (AvgIpc) is 3.12. The molecule has 1 N–H and O–H groups in total. The molecule has 0 saturated carbocycles. The Hall–Kier alpha value is -1.81. The second-order valence-electron chi connectivity index (χ2n) is 7.12. The normalized spacial score (nSPS) is 21.3. The number of hydrogen-bond acceptors (Lipinski definition) is 3. The number of rotatable bonds is 2. The van der Waals surface area contributed by atoms with Gasteiger partial charge in [-0.15, -0.1) is 0 Å². The van der Waals surface area contributed by atoms with Crippen molar-refractivity contribution in [2.24, 2.45) is 0 Å². The van der Waals surface area contributed by atoms with E-state index in [0.717, 1.165) is 19.5 Å². The van der Waals surface area contributed by atoms with E-state index in [9.17, 15) is 0 Å². The number of aromatic nitrogens is 2. The van der Waals surface area contributed by atoms with Crippen LogP contribution < -0.4 is 5.32 Å². The Morgan fingerprint density at radius 2 is 2.13 bits per heavy atom. The van der Waals surface area contributed by atoms with Gasteiger partial charge in [0.1, 0.15) is 5.82 Å². The van der Waals surface area contributed by atoms with Crippen LogP contribution in [0.1, 0.15) is 41.1 Å². The quantitative estimate of drug-likeness (QED) is 0.924. The molecule has 1 aromatic heterocycles. The molecule has 1 atom stereocenters. The molecule has 1 aromatic carbocycles. The maximum absolute atomic E-state index is 5.09. The minimum Gasteiger partial charge on any atom is -0.369 e. The summed E-state index contributed by atoms with van der Waals surface area (Å²) in [4.78, 5) is 2.44. The number of fused-ring (bicyclic) bond motifs is 1. The van der Waals surface area contributed by atoms with E-state index in [2.05, 4.69) is 54.0 Å². The van der Waals surface area contributed by atoms with Crippen molar-refractivity contribution >= 4 is 5.82 Å². The molecule has 122 valence electrons. The number of hydrogen-bond donors (Lipinski definition) is 1. The zero-order valence-electron chi connectivity index (χ0n) is 14.4. The molecule has 4 nitrogen and oxygen atoms in total. The summed E-state index contributed by atoms with van der Waals surface area (Å²) in [5.74, 6) is 1.80. The standard InChI is InChI=1S/C19H26N4/c1-13-6-4-8-17(14(13)2)23-19-16(9-10-20-19)18(21-23)15-7-5-11-22(3)12-15/h4,6,8,15,20H,5,7,9-12H2,1-3H3. The van der Waals surface area contributed by atoms with Gasteiger partial charge in [0.2, 0.25) is 0 Å². The zero-order valence-corrected chi connectivity index (χ0v) is 14.4. The summed E-state index contributed by atoms with van der Waals surface area (Å²) < 4.78 is 2.16. The highest BCUT2D eigenvalue weighted by Crippen LogP contribution is 2.36. The molecule has 0 aliphatic carbocycles. The van der Waals surface area contributed by atoms with Crippen LogP contribution in [0.3, 0.4) is 0 Å². The lowest BCUT2D eigenvalue weighted by Crippen LogP contribution is -2.31. The molecule has 23 heavy (non-hydrogen) atoms. The summed E-state index contributed by atoms with van der Waals surface area (Å²) in [5, 5.41) is 8.66. The Labute approximate surface area is 138 Å². The highest BCUT2D eigenvalue weighted by molar-refractivity contribution is 5.59. The number of likely N-dealkylation sites (N-methyl/N-ethyl adjacent to an activating group) is 1. The Morgan fingerprint density at radius 3 is 2.96 bits per heavy atom. The Balaban J connectivity index is 1.80. The van der Waals surface area contributed by atoms with Gasteiger partial charge in [0.15, 0.2) is 0 Å². The number of likely N-dealkylation sites (tertiary alicyclic amines) is 1. The first-order valence-electron chi connectivity index (χ1n) is 8.76. The fraction of sp³-hybridized carbons (Fsp3) is 0.526. The lowest BCUT2D eigenvalue weighted by atomic mass is 9.92. The van der Waals surface area contributed by atoms with Crippen molar-refractivity contribution < 1.29 is 0 Å². The van der Waals surface area contributed by atoms with E-state index in [0.29, 0.717) is 5.92 Å². The van der Waals surface area contributed by atoms with E-state index < -0.39 is 0 Å². The zero-order chi connectivity index (χ0) is 16.0. The van der Waals surface area contributed by atoms with E-state index in [1.165, 1.54) is 53.3 Å². The molecule has 4 heteroatoms. The van der Waals surface area contributed by atoms with Gasteiger partial charge in [0.05, 0.1) is 11.4 Å². The molecule has 2 aromatic rings. The van der Waals surface area contributed by atoms with Crippen molar-refractivity contribution in [3.8, 4) is 5.69 Å². The number of nitrogens with one attached hydrogen (secondary N) is 1. The van der Waals surface area contributed by atoms with Crippen LogP contribution in [0, 0.1) is 13.8 Å². The first-order valence-corrected chi connectivity index (χ1v) is 8.76. The Bertz CT molecular complexity index is 731. The van der Waals surface area contributed by atoms with Crippen LogP contribution in [0.15, 0.2) is 18.2 Å². The number of nitrogens with zero attached hydrogens (tertiary/aromatic N) is 3. The van der Waals surface area contributed by atoms with Crippen LogP contribution in [-0.4, -0.2) is 41.4 Å². The fourth-order valence-corrected chi connectivity index (χ4v) is 4.06. The summed E-state index contributed by atoms with van der Waals surface area (Å²) in [6.45, 7) is 7.76. The highest BCUT2D eigenvalue weighted by atomic mass is 15.3. The number of benzene rings is 1. The molecule has 2 aliphatic heterocycles. The molecule has 3 heterocycles. The van der Waals surface area contributed by atoms with Crippen LogP contribution in [0.2, 0.25) is 0 Å². The van der Waals surface area contributed by atoms with Crippen molar-refractivity contribution in [2.45, 2.75) is 39.0 Å². The van der Waals surface area contributed by atoms with Gasteiger partial charge in [-0.3, -0.25) is 0 Å². The Morgan fingerprint density at radius 1 is 1.26 bits per heavy atom. The fourth-order valence-electron chi connectivity index (χ4n) is 4.06. The third kappa shape index (κ3) is 2.45. The molecule has 2 aliphatic rings. The molecule has 4 rings (SSSR count). The summed E-state index contributed by atoms with van der Waals surface area (Å²) in [6, 6.07) is 6.49. The first kappa shape index (κ1) is 14.8. The van der Waals surface area contributed by atoms with Gasteiger partial charge in [-0.25, -0.2) is 4.68 Å². The van der Waals surface area contributed by atoms with Gasteiger partial charge in [0.25, 0.3) is 0 Å². The van der Waals surface area contributed by atoms with Crippen molar-refractivity contribution in [1.82, 2.24) is 14.7 Å². The number of piperidine rings is 1. The van der Waals surface area contributed by atoms with Gasteiger partial charge < -0.3 is 10.2 Å². The number of aryl methyl sites for hydroxylation is 1. The molecule has 0 radical (unpaired) electrons. The molecular weight excluding hydrogens is 284 g/mol. The maximum atomic E-state index is 5.09. The summed E-state index contributed by atoms with van der Waals surface area (Å²) in [6.07, 6.45) is 3.65. The van der Waals surface area contributed by atoms with Crippen molar-refractivity contribution in [3.63, 3.8) is 0 Å². The average molecular weight is 310 g/mol. The molecule has 1 fully saturated rings. The summed E-state index contributed by atoms with van der Waals surface area (Å²) >= 11 is 0. The molecule has 0 bridgehead atoms. The van der Waals surface area contributed by atoms with E-state index in [-0.39, 0.29) is 0 Å². The van der Waals surface area contributed by atoms with Crippen LogP contribution in [-0.2, 0) is 6.42 Å². The maximum Gasteiger partial charge on any atom is 0.133 e. The SMILES string of the molecule is Cc1cccc(-n2nc(C3CCCN(C)C3)c3c2NCC3)c1C. The third-order valence-electron chi connectivity index (χ3n) is 5.50. The van der Waals surface area contributed by atoms with Crippen LogP contribution in [0.25, 0.3) is 5.69 Å². The second-order valence-corrected chi connectivity index (χ2v) is 7.12. The van der Waals surface area contributed by atoms with Crippen LogP contribution >= 0.6 is 0 Å². The van der Waals surface area contributed by atoms with E-state index in [4.69, 9.17) is 5.10 Å². The van der Waals surface area contributed by atoms with E-state index >= 15 is 0 Å². The smallest absolute Gasteiger partial charge is 0.133 e. The predicted molar refractivity (Wildman–Crippen MR) is 94.7 cm³/mol. The largest absolute Gasteiger partial charge is 0.369 e. The minimum atomic E-state index is 0.578. The van der Waals surface area contributed by atoms with Gasteiger partial charge in [-0.1, -0.05) is 12.1 Å². The molecule has 0 spiro atoms. The lowest BCUT2D eigenvalue weighted by Gasteiger charge is -2.29. The van der Waals surface area contributed by atoms with Gasteiger partial charge >= 0.3 is 0 Å². The molecule has 1 unspecified atom stereocenters. The van der Waals surface area contributed by atoms with E-state index in [1.54, 1.807) is 0 Å². The minimum absolute atomic E-state index is 0.578. The Kier molecular flexibility index (Phi) is 3.64. The third-order valence-corrected chi connectivity index (χ3v) is 5.50. The highest BCUT2D eigenvalue weighted by Gasteiger charge is 2.30. The second kappa shape index (κ2) is 5.68. The molecule has 0 amide bonds. The van der Waals surface area contributed by atoms with E-state index in [1.807, 2.05) is 0 Å². The van der Waals surface area contributed by atoms with Crippen molar-refractivity contribution in [1.29, 1.82) is 0 Å². The number of anilines is 1. The van der Waals surface area contributed by atoms with Crippen molar-refractivity contribution in [3.05, 3.63) is 40.6 Å². The summed E-state index contributed by atoms with van der Waals surface area (Å²) in [5.41, 5.74) is 6.64. The summed E-state index contributed by atoms with van der Waals surface area (Å²) in [7, 11) is 2.23.